The van der Waals surface area contributed by atoms with Gasteiger partial charge in [0.25, 0.3) is 5.91 Å². The Hall–Kier alpha value is -1.48. The number of aliphatic hydroxyl groups is 1. The minimum Gasteiger partial charge on any atom is -0.392 e. The number of carbonyl (C=O) groups is 1. The summed E-state index contributed by atoms with van der Waals surface area (Å²) in [6.45, 7) is -0.116. The molecule has 1 saturated heterocycles. The molecular weight excluding hydrogens is 270 g/mol. The molecule has 0 radical (unpaired) electrons. The van der Waals surface area contributed by atoms with Crippen molar-refractivity contribution in [1.82, 2.24) is 9.73 Å². The third-order valence-electron chi connectivity index (χ3n) is 3.03. The molecule has 1 aliphatic heterocycles. The molecule has 1 amide bonds. The van der Waals surface area contributed by atoms with E-state index >= 15 is 0 Å². The van der Waals surface area contributed by atoms with Gasteiger partial charge in [-0.15, -0.1) is 0 Å². The molecule has 0 bridgehead atoms. The lowest BCUT2D eigenvalue weighted by Gasteiger charge is -2.22. The van der Waals surface area contributed by atoms with Crippen molar-refractivity contribution in [2.45, 2.75) is 23.5 Å². The van der Waals surface area contributed by atoms with Crippen molar-refractivity contribution in [3.05, 3.63) is 30.3 Å². The molecule has 1 aromatic rings. The number of carbonyl (C=O) groups excluding carboxylic acids is 1. The lowest BCUT2D eigenvalue weighted by molar-refractivity contribution is -0.124. The molecule has 1 aliphatic rings. The summed E-state index contributed by atoms with van der Waals surface area (Å²) in [7, 11) is -3.82. The second-order valence-electron chi connectivity index (χ2n) is 4.30. The Morgan fingerprint density at radius 3 is 2.58 bits per heavy atom. The monoisotopic (exact) mass is 285 g/mol. The van der Waals surface area contributed by atoms with Gasteiger partial charge in [-0.1, -0.05) is 18.2 Å². The molecule has 104 valence electrons. The van der Waals surface area contributed by atoms with Gasteiger partial charge in [-0.3, -0.25) is 10.2 Å². The first-order valence-electron chi connectivity index (χ1n) is 5.72. The molecular formula is C11H15N3O4S. The zero-order valence-electron chi connectivity index (χ0n) is 10.1. The first kappa shape index (κ1) is 13.9. The van der Waals surface area contributed by atoms with Crippen molar-refractivity contribution in [3.63, 3.8) is 0 Å². The van der Waals surface area contributed by atoms with Crippen LogP contribution in [0.25, 0.3) is 0 Å². The van der Waals surface area contributed by atoms with Crippen molar-refractivity contribution in [1.29, 1.82) is 0 Å². The van der Waals surface area contributed by atoms with Crippen LogP contribution in [-0.4, -0.2) is 42.4 Å². The fourth-order valence-corrected chi connectivity index (χ4v) is 3.77. The van der Waals surface area contributed by atoms with Crippen LogP contribution < -0.4 is 11.3 Å². The molecule has 1 aromatic carbocycles. The van der Waals surface area contributed by atoms with E-state index in [4.69, 9.17) is 5.84 Å². The van der Waals surface area contributed by atoms with E-state index < -0.39 is 28.1 Å². The molecule has 0 aromatic heterocycles. The first-order chi connectivity index (χ1) is 8.96. The predicted octanol–water partition coefficient (Wildman–Crippen LogP) is -1.20. The number of hydrogen-bond acceptors (Lipinski definition) is 5. The van der Waals surface area contributed by atoms with Crippen molar-refractivity contribution >= 4 is 15.9 Å². The quantitative estimate of drug-likeness (QED) is 0.367. The van der Waals surface area contributed by atoms with Crippen LogP contribution in [0.2, 0.25) is 0 Å². The number of nitrogens with two attached hydrogens (primary N) is 1. The second kappa shape index (κ2) is 5.25. The molecule has 19 heavy (non-hydrogen) atoms. The Morgan fingerprint density at radius 2 is 2.00 bits per heavy atom. The molecule has 0 saturated carbocycles. The Bertz CT molecular complexity index is 561. The van der Waals surface area contributed by atoms with Crippen LogP contribution in [0.15, 0.2) is 35.2 Å². The van der Waals surface area contributed by atoms with E-state index in [1.54, 1.807) is 18.2 Å². The van der Waals surface area contributed by atoms with Crippen LogP contribution in [-0.2, 0) is 14.8 Å². The van der Waals surface area contributed by atoms with Gasteiger partial charge in [-0.25, -0.2) is 14.3 Å². The highest BCUT2D eigenvalue weighted by Crippen LogP contribution is 2.26. The summed E-state index contributed by atoms with van der Waals surface area (Å²) in [4.78, 5) is 11.7. The molecule has 8 heteroatoms. The van der Waals surface area contributed by atoms with Gasteiger partial charge >= 0.3 is 0 Å². The molecule has 4 N–H and O–H groups in total. The third kappa shape index (κ3) is 2.61. The van der Waals surface area contributed by atoms with Gasteiger partial charge in [0.1, 0.15) is 6.04 Å². The minimum atomic E-state index is -3.82. The average molecular weight is 285 g/mol. The zero-order valence-corrected chi connectivity index (χ0v) is 10.9. The Kier molecular flexibility index (Phi) is 3.85. The van der Waals surface area contributed by atoms with Crippen molar-refractivity contribution in [3.8, 4) is 0 Å². The number of amides is 1. The van der Waals surface area contributed by atoms with E-state index in [9.17, 15) is 18.3 Å². The number of hydrogen-bond donors (Lipinski definition) is 3. The average Bonchev–Trinajstić information content (AvgIpc) is 2.81. The van der Waals surface area contributed by atoms with Crippen LogP contribution in [0.4, 0.5) is 0 Å². The topological polar surface area (TPSA) is 113 Å². The van der Waals surface area contributed by atoms with Crippen LogP contribution in [0.5, 0.6) is 0 Å². The van der Waals surface area contributed by atoms with Crippen molar-refractivity contribution < 1.29 is 18.3 Å². The molecule has 1 heterocycles. The Morgan fingerprint density at radius 1 is 1.37 bits per heavy atom. The summed E-state index contributed by atoms with van der Waals surface area (Å²) in [5.74, 6) is 4.41. The molecule has 0 spiro atoms. The van der Waals surface area contributed by atoms with E-state index in [0.717, 1.165) is 4.31 Å². The van der Waals surface area contributed by atoms with E-state index in [0.29, 0.717) is 0 Å². The predicted molar refractivity (Wildman–Crippen MR) is 67.1 cm³/mol. The van der Waals surface area contributed by atoms with Gasteiger partial charge in [0.05, 0.1) is 11.0 Å². The largest absolute Gasteiger partial charge is 0.392 e. The summed E-state index contributed by atoms with van der Waals surface area (Å²) in [6, 6.07) is 6.79. The van der Waals surface area contributed by atoms with Crippen LogP contribution in [0, 0.1) is 0 Å². The fourth-order valence-electron chi connectivity index (χ4n) is 2.11. The highest BCUT2D eigenvalue weighted by atomic mass is 32.2. The van der Waals surface area contributed by atoms with Crippen molar-refractivity contribution in [2.24, 2.45) is 5.84 Å². The maximum Gasteiger partial charge on any atom is 0.252 e. The van der Waals surface area contributed by atoms with Crippen molar-refractivity contribution in [2.75, 3.05) is 6.54 Å². The minimum absolute atomic E-state index is 0.0368. The number of benzene rings is 1. The number of aliphatic hydroxyl groups excluding tert-OH is 1. The van der Waals surface area contributed by atoms with Crippen LogP contribution in [0.1, 0.15) is 6.42 Å². The number of rotatable bonds is 3. The summed E-state index contributed by atoms with van der Waals surface area (Å²) < 4.78 is 25.8. The highest BCUT2D eigenvalue weighted by molar-refractivity contribution is 7.89. The Balaban J connectivity index is 2.36. The van der Waals surface area contributed by atoms with E-state index in [1.807, 2.05) is 5.43 Å². The van der Waals surface area contributed by atoms with Gasteiger partial charge in [0.15, 0.2) is 0 Å². The number of nitrogens with one attached hydrogen (secondary N) is 1. The number of nitrogens with zero attached hydrogens (tertiary/aromatic N) is 1. The third-order valence-corrected chi connectivity index (χ3v) is 4.92. The molecule has 2 atom stereocenters. The first-order valence-corrected chi connectivity index (χ1v) is 7.16. The number of sulfonamides is 1. The van der Waals surface area contributed by atoms with E-state index in [-0.39, 0.29) is 17.9 Å². The number of β-amino-alcohol motifs (C(OH)–C–C–N with tert-alkyl or cyclic N) is 1. The smallest absolute Gasteiger partial charge is 0.252 e. The van der Waals surface area contributed by atoms with Gasteiger partial charge < -0.3 is 5.11 Å². The van der Waals surface area contributed by atoms with Gasteiger partial charge in [-0.2, -0.15) is 4.31 Å². The van der Waals surface area contributed by atoms with Crippen LogP contribution in [0.3, 0.4) is 0 Å². The van der Waals surface area contributed by atoms with Gasteiger partial charge in [-0.05, 0) is 12.1 Å². The second-order valence-corrected chi connectivity index (χ2v) is 6.19. The maximum atomic E-state index is 12.4. The highest BCUT2D eigenvalue weighted by Gasteiger charge is 2.43. The fraction of sp³-hybridized carbons (Fsp3) is 0.364. The van der Waals surface area contributed by atoms with Gasteiger partial charge in [0.2, 0.25) is 10.0 Å². The normalized spacial score (nSPS) is 24.3. The van der Waals surface area contributed by atoms with E-state index in [2.05, 4.69) is 0 Å². The molecule has 0 aliphatic carbocycles. The Labute approximate surface area is 111 Å². The molecule has 1 fully saturated rings. The maximum absolute atomic E-state index is 12.4. The standard InChI is InChI=1S/C11H15N3O4S/c12-13-11(16)10-6-8(15)7-14(10)19(17,18)9-4-2-1-3-5-9/h1-5,8,10,15H,6-7,12H2,(H,13,16)/t8-,10+/m1/s1. The molecule has 0 unspecified atom stereocenters. The lowest BCUT2D eigenvalue weighted by Crippen LogP contribution is -2.47. The van der Waals surface area contributed by atoms with E-state index in [1.165, 1.54) is 12.1 Å². The SMILES string of the molecule is NNC(=O)[C@@H]1C[C@@H](O)CN1S(=O)(=O)c1ccccc1. The van der Waals surface area contributed by atoms with Crippen LogP contribution >= 0.6 is 0 Å². The summed E-state index contributed by atoms with van der Waals surface area (Å²) in [5.41, 5.74) is 1.92. The lowest BCUT2D eigenvalue weighted by atomic mass is 10.2. The number of hydrazine groups is 1. The van der Waals surface area contributed by atoms with Gasteiger partial charge in [0, 0.05) is 13.0 Å². The molecule has 2 rings (SSSR count). The zero-order chi connectivity index (χ0) is 14.0. The molecule has 7 nitrogen and oxygen atoms in total. The summed E-state index contributed by atoms with van der Waals surface area (Å²) in [6.07, 6.45) is -0.837. The summed E-state index contributed by atoms with van der Waals surface area (Å²) >= 11 is 0. The summed E-state index contributed by atoms with van der Waals surface area (Å²) in [5, 5.41) is 9.60.